The Morgan fingerprint density at radius 1 is 1.32 bits per heavy atom. The molecule has 22 heavy (non-hydrogen) atoms. The predicted octanol–water partition coefficient (Wildman–Crippen LogP) is 0.441. The number of fused-ring (bicyclic) bond motifs is 1. The Bertz CT molecular complexity index is 844. The molecule has 1 aromatic carbocycles. The van der Waals surface area contributed by atoms with Crippen molar-refractivity contribution in [2.24, 2.45) is 7.05 Å². The average Bonchev–Trinajstić information content (AvgIpc) is 2.61. The van der Waals surface area contributed by atoms with Crippen LogP contribution in [0.15, 0.2) is 46.2 Å². The summed E-state index contributed by atoms with van der Waals surface area (Å²) in [4.78, 5) is 12.2. The first kappa shape index (κ1) is 14.9. The SMILES string of the molecule is Cn1ncc2c(c1=O)S(=O)(=O)CCNC2Cc1ccccc1. The summed E-state index contributed by atoms with van der Waals surface area (Å²) in [6.07, 6.45) is 2.10. The first-order chi connectivity index (χ1) is 10.5. The fourth-order valence-electron chi connectivity index (χ4n) is 2.70. The van der Waals surface area contributed by atoms with E-state index in [-0.39, 0.29) is 16.7 Å². The van der Waals surface area contributed by atoms with Gasteiger partial charge in [-0.2, -0.15) is 5.10 Å². The van der Waals surface area contributed by atoms with E-state index in [1.807, 2.05) is 30.3 Å². The maximum Gasteiger partial charge on any atom is 0.285 e. The van der Waals surface area contributed by atoms with Crippen LogP contribution in [0.3, 0.4) is 0 Å². The Kier molecular flexibility index (Phi) is 3.84. The van der Waals surface area contributed by atoms with E-state index in [1.54, 1.807) is 0 Å². The van der Waals surface area contributed by atoms with E-state index in [9.17, 15) is 13.2 Å². The van der Waals surface area contributed by atoms with Crippen molar-refractivity contribution in [1.82, 2.24) is 15.1 Å². The van der Waals surface area contributed by atoms with E-state index in [0.717, 1.165) is 10.2 Å². The van der Waals surface area contributed by atoms with E-state index < -0.39 is 15.4 Å². The van der Waals surface area contributed by atoms with Gasteiger partial charge in [0.25, 0.3) is 5.56 Å². The Balaban J connectivity index is 2.12. The molecule has 1 aliphatic heterocycles. The van der Waals surface area contributed by atoms with Gasteiger partial charge >= 0.3 is 0 Å². The number of rotatable bonds is 2. The number of aromatic nitrogens is 2. The predicted molar refractivity (Wildman–Crippen MR) is 82.4 cm³/mol. The minimum absolute atomic E-state index is 0.0788. The van der Waals surface area contributed by atoms with Crippen LogP contribution in [-0.2, 0) is 23.3 Å². The zero-order valence-electron chi connectivity index (χ0n) is 12.2. The molecular formula is C15H17N3O3S. The maximum atomic E-state index is 12.4. The summed E-state index contributed by atoms with van der Waals surface area (Å²) >= 11 is 0. The second kappa shape index (κ2) is 5.66. The molecule has 3 rings (SSSR count). The Morgan fingerprint density at radius 3 is 2.77 bits per heavy atom. The summed E-state index contributed by atoms with van der Waals surface area (Å²) in [7, 11) is -2.13. The van der Waals surface area contributed by atoms with Gasteiger partial charge in [-0.15, -0.1) is 0 Å². The summed E-state index contributed by atoms with van der Waals surface area (Å²) in [5.74, 6) is -0.0788. The topological polar surface area (TPSA) is 81.1 Å². The van der Waals surface area contributed by atoms with Gasteiger partial charge in [0.15, 0.2) is 9.84 Å². The number of hydrogen-bond acceptors (Lipinski definition) is 5. The monoisotopic (exact) mass is 319 g/mol. The second-order valence-corrected chi connectivity index (χ2v) is 7.42. The van der Waals surface area contributed by atoms with Crippen molar-refractivity contribution in [3.63, 3.8) is 0 Å². The molecule has 1 N–H and O–H groups in total. The van der Waals surface area contributed by atoms with Crippen LogP contribution in [0.5, 0.6) is 0 Å². The second-order valence-electron chi connectivity index (χ2n) is 5.37. The molecule has 0 aliphatic carbocycles. The number of hydrogen-bond donors (Lipinski definition) is 1. The van der Waals surface area contributed by atoms with Gasteiger partial charge in [0.1, 0.15) is 4.90 Å². The van der Waals surface area contributed by atoms with Crippen molar-refractivity contribution in [3.05, 3.63) is 58.0 Å². The minimum atomic E-state index is -3.59. The Labute approximate surface area is 128 Å². The molecule has 0 saturated carbocycles. The molecule has 6 nitrogen and oxygen atoms in total. The molecule has 7 heteroatoms. The third-order valence-electron chi connectivity index (χ3n) is 3.85. The van der Waals surface area contributed by atoms with Crippen molar-refractivity contribution >= 4 is 9.84 Å². The zero-order chi connectivity index (χ0) is 15.7. The number of aryl methyl sites for hydroxylation is 1. The van der Waals surface area contributed by atoms with E-state index in [0.29, 0.717) is 18.5 Å². The summed E-state index contributed by atoms with van der Waals surface area (Å²) in [6, 6.07) is 9.53. The van der Waals surface area contributed by atoms with Crippen molar-refractivity contribution < 1.29 is 8.42 Å². The van der Waals surface area contributed by atoms with Crippen molar-refractivity contribution in [3.8, 4) is 0 Å². The van der Waals surface area contributed by atoms with E-state index in [2.05, 4.69) is 10.4 Å². The lowest BCUT2D eigenvalue weighted by Gasteiger charge is -2.18. The number of nitrogens with zero attached hydrogens (tertiary/aromatic N) is 2. The van der Waals surface area contributed by atoms with Crippen LogP contribution < -0.4 is 10.9 Å². The standard InChI is InChI=1S/C15H17N3O3S/c1-18-15(19)14-12(10-17-18)13(16-7-8-22(14,20)21)9-11-5-3-2-4-6-11/h2-6,10,13,16H,7-9H2,1H3. The molecule has 1 aromatic heterocycles. The van der Waals surface area contributed by atoms with Crippen LogP contribution in [0.2, 0.25) is 0 Å². The lowest BCUT2D eigenvalue weighted by molar-refractivity contribution is 0.537. The fraction of sp³-hybridized carbons (Fsp3) is 0.333. The maximum absolute atomic E-state index is 12.4. The van der Waals surface area contributed by atoms with E-state index in [1.165, 1.54) is 13.2 Å². The van der Waals surface area contributed by atoms with Gasteiger partial charge in [-0.1, -0.05) is 30.3 Å². The molecular weight excluding hydrogens is 302 g/mol. The third-order valence-corrected chi connectivity index (χ3v) is 5.62. The minimum Gasteiger partial charge on any atom is -0.309 e. The highest BCUT2D eigenvalue weighted by Gasteiger charge is 2.31. The molecule has 0 fully saturated rings. The third kappa shape index (κ3) is 2.69. The van der Waals surface area contributed by atoms with Gasteiger partial charge in [-0.05, 0) is 12.0 Å². The molecule has 0 bridgehead atoms. The quantitative estimate of drug-likeness (QED) is 0.869. The van der Waals surface area contributed by atoms with Crippen LogP contribution in [0.4, 0.5) is 0 Å². The van der Waals surface area contributed by atoms with Gasteiger partial charge in [0.2, 0.25) is 0 Å². The van der Waals surface area contributed by atoms with E-state index in [4.69, 9.17) is 0 Å². The van der Waals surface area contributed by atoms with Gasteiger partial charge < -0.3 is 5.32 Å². The molecule has 1 unspecified atom stereocenters. The molecule has 2 heterocycles. The average molecular weight is 319 g/mol. The number of sulfone groups is 1. The largest absolute Gasteiger partial charge is 0.309 e. The summed E-state index contributed by atoms with van der Waals surface area (Å²) in [6.45, 7) is 0.317. The van der Waals surface area contributed by atoms with Crippen LogP contribution in [0.25, 0.3) is 0 Å². The van der Waals surface area contributed by atoms with Crippen molar-refractivity contribution in [2.75, 3.05) is 12.3 Å². The molecule has 1 atom stereocenters. The Morgan fingerprint density at radius 2 is 2.05 bits per heavy atom. The lowest BCUT2D eigenvalue weighted by atomic mass is 10.0. The molecule has 1 aliphatic rings. The van der Waals surface area contributed by atoms with Crippen molar-refractivity contribution in [1.29, 1.82) is 0 Å². The lowest BCUT2D eigenvalue weighted by Crippen LogP contribution is -2.29. The van der Waals surface area contributed by atoms with Crippen LogP contribution in [0, 0.1) is 0 Å². The Hall–Kier alpha value is -1.99. The van der Waals surface area contributed by atoms with E-state index >= 15 is 0 Å². The first-order valence-electron chi connectivity index (χ1n) is 7.05. The molecule has 116 valence electrons. The van der Waals surface area contributed by atoms with Crippen LogP contribution >= 0.6 is 0 Å². The smallest absolute Gasteiger partial charge is 0.285 e. The number of nitrogens with one attached hydrogen (secondary N) is 1. The van der Waals surface area contributed by atoms with Crippen molar-refractivity contribution in [2.45, 2.75) is 17.4 Å². The first-order valence-corrected chi connectivity index (χ1v) is 8.70. The summed E-state index contributed by atoms with van der Waals surface area (Å²) in [5.41, 5.74) is 0.981. The van der Waals surface area contributed by atoms with Gasteiger partial charge in [0, 0.05) is 25.2 Å². The molecule has 2 aromatic rings. The summed E-state index contributed by atoms with van der Waals surface area (Å²) in [5, 5.41) is 7.21. The zero-order valence-corrected chi connectivity index (χ0v) is 13.0. The highest BCUT2D eigenvalue weighted by Crippen LogP contribution is 2.25. The van der Waals surface area contributed by atoms with Gasteiger partial charge in [-0.25, -0.2) is 13.1 Å². The number of benzene rings is 1. The fourth-order valence-corrected chi connectivity index (χ4v) is 4.25. The summed E-state index contributed by atoms with van der Waals surface area (Å²) < 4.78 is 25.8. The van der Waals surface area contributed by atoms with Gasteiger partial charge in [0.05, 0.1) is 11.9 Å². The van der Waals surface area contributed by atoms with Gasteiger partial charge in [-0.3, -0.25) is 4.79 Å². The molecule has 0 saturated heterocycles. The molecule has 0 spiro atoms. The van der Waals surface area contributed by atoms with Crippen LogP contribution in [-0.4, -0.2) is 30.5 Å². The normalized spacial score (nSPS) is 20.1. The molecule has 0 radical (unpaired) electrons. The molecule has 0 amide bonds. The van der Waals surface area contributed by atoms with Crippen LogP contribution in [0.1, 0.15) is 17.2 Å². The highest BCUT2D eigenvalue weighted by atomic mass is 32.2. The highest BCUT2D eigenvalue weighted by molar-refractivity contribution is 7.91.